The highest BCUT2D eigenvalue weighted by atomic mass is 15.4. The highest BCUT2D eigenvalue weighted by Crippen LogP contribution is 2.45. The van der Waals surface area contributed by atoms with E-state index in [1.165, 1.54) is 69.5 Å². The molecule has 6 rings (SSSR count). The average molecular weight is 458 g/mol. The number of para-hydroxylation sites is 2. The fraction of sp³-hybridized carbons (Fsp3) is 0.552. The lowest BCUT2D eigenvalue weighted by atomic mass is 9.74. The quantitative estimate of drug-likeness (QED) is 0.532. The van der Waals surface area contributed by atoms with E-state index in [0.29, 0.717) is 6.04 Å². The van der Waals surface area contributed by atoms with Crippen LogP contribution in [0.2, 0.25) is 0 Å². The van der Waals surface area contributed by atoms with Crippen LogP contribution in [-0.4, -0.2) is 65.7 Å². The van der Waals surface area contributed by atoms with Gasteiger partial charge < -0.3 is 14.4 Å². The molecular formula is C29H39N5. The van der Waals surface area contributed by atoms with Crippen molar-refractivity contribution in [3.05, 3.63) is 60.2 Å². The molecule has 2 aromatic carbocycles. The molecule has 3 aromatic rings. The van der Waals surface area contributed by atoms with Gasteiger partial charge in [0, 0.05) is 50.8 Å². The highest BCUT2D eigenvalue weighted by Gasteiger charge is 2.41. The van der Waals surface area contributed by atoms with E-state index in [1.807, 2.05) is 0 Å². The number of fused-ring (bicyclic) bond motifs is 1. The number of likely N-dealkylation sites (N-methyl/N-ethyl adjacent to an activating group) is 1. The molecule has 3 heterocycles. The molecule has 0 N–H and O–H groups in total. The van der Waals surface area contributed by atoms with Gasteiger partial charge in [-0.05, 0) is 50.4 Å². The van der Waals surface area contributed by atoms with Crippen LogP contribution in [0.1, 0.15) is 56.6 Å². The number of imidazole rings is 1. The maximum atomic E-state index is 5.16. The van der Waals surface area contributed by atoms with Gasteiger partial charge in [-0.1, -0.05) is 61.7 Å². The molecule has 1 saturated carbocycles. The first-order valence-corrected chi connectivity index (χ1v) is 13.5. The standard InChI is InChI=1S/C29H39N5/c1-31-20-22-32(23-21-31)28-30-26-12-6-7-13-27(26)34(28)25-14-18-33(19-15-25)29(16-8-3-9-17-29)24-10-4-2-5-11-24/h2,4-7,10-13,25H,3,8-9,14-23H2,1H3. The van der Waals surface area contributed by atoms with Crippen LogP contribution >= 0.6 is 0 Å². The predicted molar refractivity (Wildman–Crippen MR) is 140 cm³/mol. The monoisotopic (exact) mass is 457 g/mol. The molecular weight excluding hydrogens is 418 g/mol. The first kappa shape index (κ1) is 22.1. The zero-order valence-corrected chi connectivity index (χ0v) is 20.7. The minimum absolute atomic E-state index is 0.238. The Labute approximate surface area is 204 Å². The molecule has 1 aliphatic carbocycles. The first-order valence-electron chi connectivity index (χ1n) is 13.5. The number of hydrogen-bond acceptors (Lipinski definition) is 4. The van der Waals surface area contributed by atoms with Gasteiger partial charge in [0.05, 0.1) is 11.0 Å². The van der Waals surface area contributed by atoms with Crippen LogP contribution < -0.4 is 4.90 Å². The summed E-state index contributed by atoms with van der Waals surface area (Å²) in [5.41, 5.74) is 4.23. The minimum Gasteiger partial charge on any atom is -0.340 e. The molecule has 5 heteroatoms. The summed E-state index contributed by atoms with van der Waals surface area (Å²) in [6.07, 6.45) is 9.12. The summed E-state index contributed by atoms with van der Waals surface area (Å²) in [6, 6.07) is 20.7. The molecule has 3 fully saturated rings. The number of anilines is 1. The summed E-state index contributed by atoms with van der Waals surface area (Å²) < 4.78 is 2.61. The second-order valence-electron chi connectivity index (χ2n) is 10.7. The van der Waals surface area contributed by atoms with Crippen molar-refractivity contribution in [2.45, 2.75) is 56.5 Å². The fourth-order valence-corrected chi connectivity index (χ4v) is 6.85. The average Bonchev–Trinajstić information content (AvgIpc) is 3.30. The molecule has 0 radical (unpaired) electrons. The normalized spacial score (nSPS) is 22.9. The van der Waals surface area contributed by atoms with Crippen LogP contribution in [0.3, 0.4) is 0 Å². The number of benzene rings is 2. The van der Waals surface area contributed by atoms with Gasteiger partial charge in [0.15, 0.2) is 0 Å². The SMILES string of the molecule is CN1CCN(c2nc3ccccc3n2C2CCN(C3(c4ccccc4)CCCCC3)CC2)CC1. The van der Waals surface area contributed by atoms with Crippen LogP contribution in [-0.2, 0) is 5.54 Å². The Hall–Kier alpha value is -2.37. The van der Waals surface area contributed by atoms with Crippen LogP contribution in [0.4, 0.5) is 5.95 Å². The van der Waals surface area contributed by atoms with Crippen LogP contribution in [0.15, 0.2) is 54.6 Å². The zero-order chi connectivity index (χ0) is 23.0. The van der Waals surface area contributed by atoms with Crippen molar-refractivity contribution >= 4 is 17.0 Å². The summed E-state index contributed by atoms with van der Waals surface area (Å²) in [5, 5.41) is 0. The third-order valence-electron chi connectivity index (χ3n) is 8.79. The molecule has 5 nitrogen and oxygen atoms in total. The topological polar surface area (TPSA) is 27.5 Å². The Morgan fingerprint density at radius 3 is 2.18 bits per heavy atom. The summed E-state index contributed by atoms with van der Waals surface area (Å²) in [4.78, 5) is 13.0. The second kappa shape index (κ2) is 9.35. The van der Waals surface area contributed by atoms with E-state index in [1.54, 1.807) is 5.56 Å². The van der Waals surface area contributed by atoms with E-state index < -0.39 is 0 Å². The largest absolute Gasteiger partial charge is 0.340 e. The van der Waals surface area contributed by atoms with Crippen molar-refractivity contribution in [2.75, 3.05) is 51.2 Å². The highest BCUT2D eigenvalue weighted by molar-refractivity contribution is 5.79. The van der Waals surface area contributed by atoms with Crippen molar-refractivity contribution in [3.63, 3.8) is 0 Å². The predicted octanol–water partition coefficient (Wildman–Crippen LogP) is 5.28. The molecule has 1 aromatic heterocycles. The van der Waals surface area contributed by atoms with Crippen molar-refractivity contribution in [2.24, 2.45) is 0 Å². The Morgan fingerprint density at radius 2 is 1.44 bits per heavy atom. The Balaban J connectivity index is 1.28. The molecule has 0 atom stereocenters. The molecule has 2 saturated heterocycles. The van der Waals surface area contributed by atoms with Gasteiger partial charge in [-0.2, -0.15) is 0 Å². The molecule has 0 amide bonds. The third kappa shape index (κ3) is 3.93. The Bertz CT molecular complexity index is 1080. The van der Waals surface area contributed by atoms with Gasteiger partial charge in [0.2, 0.25) is 5.95 Å². The van der Waals surface area contributed by atoms with Crippen molar-refractivity contribution in [3.8, 4) is 0 Å². The Kier molecular flexibility index (Phi) is 6.08. The smallest absolute Gasteiger partial charge is 0.206 e. The number of likely N-dealkylation sites (tertiary alicyclic amines) is 1. The second-order valence-corrected chi connectivity index (χ2v) is 10.7. The molecule has 180 valence electrons. The van der Waals surface area contributed by atoms with Gasteiger partial charge in [-0.3, -0.25) is 4.90 Å². The number of aromatic nitrogens is 2. The number of hydrogen-bond donors (Lipinski definition) is 0. The fourth-order valence-electron chi connectivity index (χ4n) is 6.85. The van der Waals surface area contributed by atoms with Crippen molar-refractivity contribution in [1.82, 2.24) is 19.4 Å². The number of nitrogens with zero attached hydrogens (tertiary/aromatic N) is 5. The number of piperidine rings is 1. The van der Waals surface area contributed by atoms with E-state index in [4.69, 9.17) is 4.98 Å². The molecule has 3 aliphatic rings. The van der Waals surface area contributed by atoms with E-state index in [-0.39, 0.29) is 5.54 Å². The maximum Gasteiger partial charge on any atom is 0.206 e. The Morgan fingerprint density at radius 1 is 0.765 bits per heavy atom. The van der Waals surface area contributed by atoms with E-state index in [2.05, 4.69) is 80.9 Å². The molecule has 34 heavy (non-hydrogen) atoms. The van der Waals surface area contributed by atoms with Crippen molar-refractivity contribution < 1.29 is 0 Å². The summed E-state index contributed by atoms with van der Waals surface area (Å²) >= 11 is 0. The van der Waals surface area contributed by atoms with E-state index in [9.17, 15) is 0 Å². The van der Waals surface area contributed by atoms with Gasteiger partial charge in [0.1, 0.15) is 0 Å². The van der Waals surface area contributed by atoms with E-state index >= 15 is 0 Å². The lowest BCUT2D eigenvalue weighted by Crippen LogP contribution is -2.51. The minimum atomic E-state index is 0.238. The van der Waals surface area contributed by atoms with Gasteiger partial charge in [-0.25, -0.2) is 4.98 Å². The lowest BCUT2D eigenvalue weighted by Gasteiger charge is -2.50. The van der Waals surface area contributed by atoms with Gasteiger partial charge >= 0.3 is 0 Å². The maximum absolute atomic E-state index is 5.16. The van der Waals surface area contributed by atoms with E-state index in [0.717, 1.165) is 31.7 Å². The lowest BCUT2D eigenvalue weighted by molar-refractivity contribution is 0.0193. The molecule has 0 spiro atoms. The van der Waals surface area contributed by atoms with Crippen LogP contribution in [0, 0.1) is 0 Å². The third-order valence-corrected chi connectivity index (χ3v) is 8.79. The van der Waals surface area contributed by atoms with Crippen LogP contribution in [0.5, 0.6) is 0 Å². The van der Waals surface area contributed by atoms with Gasteiger partial charge in [-0.15, -0.1) is 0 Å². The first-order chi connectivity index (χ1) is 16.7. The molecule has 0 unspecified atom stereocenters. The molecule has 2 aliphatic heterocycles. The number of piperazine rings is 1. The van der Waals surface area contributed by atoms with Crippen molar-refractivity contribution in [1.29, 1.82) is 0 Å². The number of rotatable bonds is 4. The zero-order valence-electron chi connectivity index (χ0n) is 20.7. The molecule has 0 bridgehead atoms. The van der Waals surface area contributed by atoms with Gasteiger partial charge in [0.25, 0.3) is 0 Å². The summed E-state index contributed by atoms with van der Waals surface area (Å²) in [5.74, 6) is 1.20. The summed E-state index contributed by atoms with van der Waals surface area (Å²) in [7, 11) is 2.23. The van der Waals surface area contributed by atoms with Crippen LogP contribution in [0.25, 0.3) is 11.0 Å². The summed E-state index contributed by atoms with van der Waals surface area (Å²) in [6.45, 7) is 6.70.